The lowest BCUT2D eigenvalue weighted by molar-refractivity contribution is -0.157. The Morgan fingerprint density at radius 2 is 1.58 bits per heavy atom. The Bertz CT molecular complexity index is 2540. The Morgan fingerprint density at radius 3 is 2.23 bits per heavy atom. The van der Waals surface area contributed by atoms with E-state index in [-0.39, 0.29) is 50.1 Å². The highest BCUT2D eigenvalue weighted by Crippen LogP contribution is 2.37. The second-order valence-corrected chi connectivity index (χ2v) is 21.4. The molecular formula is C53H67N9O10S. The molecule has 2 bridgehead atoms. The molecule has 2 unspecified atom stereocenters. The maximum Gasteiger partial charge on any atom is 0.333 e. The normalized spacial score (nSPS) is 29.5. The van der Waals surface area contributed by atoms with Gasteiger partial charge in [-0.15, -0.1) is 0 Å². The first-order chi connectivity index (χ1) is 35.0. The summed E-state index contributed by atoms with van der Waals surface area (Å²) in [6, 6.07) is 10.3. The fourth-order valence-corrected chi connectivity index (χ4v) is 12.4. The highest BCUT2D eigenvalue weighted by atomic mass is 32.2. The first-order valence-electron chi connectivity index (χ1n) is 25.3. The van der Waals surface area contributed by atoms with Crippen molar-refractivity contribution >= 4 is 64.6 Å². The predicted octanol–water partition coefficient (Wildman–Crippen LogP) is 2.32. The first-order valence-corrected chi connectivity index (χ1v) is 26.4. The fourth-order valence-electron chi connectivity index (χ4n) is 10.8. The van der Waals surface area contributed by atoms with Crippen molar-refractivity contribution in [1.29, 1.82) is 0 Å². The summed E-state index contributed by atoms with van der Waals surface area (Å²) in [7, 11) is 5.33. The average molecular weight is 1020 g/mol. The Kier molecular flexibility index (Phi) is 16.7. The molecule has 6 amide bonds. The number of carbonyl (C=O) groups is 8. The monoisotopic (exact) mass is 1020 g/mol. The summed E-state index contributed by atoms with van der Waals surface area (Å²) in [6.45, 7) is 6.11. The quantitative estimate of drug-likeness (QED) is 0.214. The third-order valence-corrected chi connectivity index (χ3v) is 16.7. The largest absolute Gasteiger partial charge is 0.505 e. The SMILES string of the molecule is CCC1NC(=O)[C@@H](NC(=O)c2ncccc2O)[C@@H](C)OC(=O)[C@H](c2ccccc2)NC(=O)C2CC(=O)[C@H](CS[C@@H]3CN4CCC3CC4)CN2C(=O)[C@H](Cc2ccc(N(C)C)cc2)N(C)C(=O)[C@@H]2CCCN2C1=O. The van der Waals surface area contributed by atoms with Gasteiger partial charge in [-0.2, -0.15) is 11.8 Å². The molecule has 0 aliphatic carbocycles. The van der Waals surface area contributed by atoms with Crippen molar-refractivity contribution in [3.8, 4) is 5.75 Å². The van der Waals surface area contributed by atoms with Gasteiger partial charge in [0.15, 0.2) is 11.7 Å². The van der Waals surface area contributed by atoms with Gasteiger partial charge in [0.1, 0.15) is 47.8 Å². The van der Waals surface area contributed by atoms with Crippen LogP contribution in [0.25, 0.3) is 0 Å². The summed E-state index contributed by atoms with van der Waals surface area (Å²) >= 11 is 1.73. The number of hydrogen-bond donors (Lipinski definition) is 4. The standard InChI is InChI=1S/C53H67N9O10S/c1-6-37-50(68)61-23-11-14-38(61)51(69)59(5)40(26-32-16-18-36(19-17-32)58(3)4)52(70)62-28-35(30-73-43-29-60-24-20-33(43)21-25-60)42(64)27-39(62)47(65)57-45(34-12-8-7-9-13-34)53(71)72-31(2)44(48(66)55-37)56-49(67)46-41(63)15-10-22-54-46/h7-10,12-13,15-19,22,31,33,35,37-40,43-45,63H,6,11,14,20-21,23-30H2,1-5H3,(H,55,66)(H,56,67)(H,57,65)/t31-,35+,37?,38+,39?,40+,43-,44+,45+/m1/s1. The molecule has 2 aromatic carbocycles. The van der Waals surface area contributed by atoms with Crippen LogP contribution in [0.5, 0.6) is 5.75 Å². The van der Waals surface area contributed by atoms with Crippen LogP contribution in [0.2, 0.25) is 0 Å². The molecule has 6 aliphatic rings. The van der Waals surface area contributed by atoms with Gasteiger partial charge in [-0.1, -0.05) is 49.4 Å². The van der Waals surface area contributed by atoms with Gasteiger partial charge in [-0.3, -0.25) is 33.6 Å². The van der Waals surface area contributed by atoms with Gasteiger partial charge in [0.2, 0.25) is 29.5 Å². The fraction of sp³-hybridized carbons (Fsp3) is 0.528. The number of amides is 6. The van der Waals surface area contributed by atoms with Gasteiger partial charge in [-0.25, -0.2) is 9.78 Å². The van der Waals surface area contributed by atoms with Crippen molar-refractivity contribution in [3.05, 3.63) is 89.7 Å². The summed E-state index contributed by atoms with van der Waals surface area (Å²) in [5.41, 5.74) is 1.49. The zero-order chi connectivity index (χ0) is 52.1. The number of nitrogens with one attached hydrogen (secondary N) is 3. The number of piperidine rings is 4. The molecule has 6 saturated heterocycles. The third-order valence-electron chi connectivity index (χ3n) is 15.2. The number of Topliss-reactive ketones (excluding diaryl/α,β-unsaturated/α-hetero) is 1. The maximum atomic E-state index is 15.7. The highest BCUT2D eigenvalue weighted by molar-refractivity contribution is 8.00. The predicted molar refractivity (Wildman–Crippen MR) is 272 cm³/mol. The van der Waals surface area contributed by atoms with E-state index in [2.05, 4.69) is 25.8 Å². The number of anilines is 1. The van der Waals surface area contributed by atoms with Crippen molar-refractivity contribution in [2.45, 2.75) is 106 Å². The second-order valence-electron chi connectivity index (χ2n) is 20.1. The van der Waals surface area contributed by atoms with Crippen LogP contribution in [0.1, 0.15) is 80.0 Å². The Balaban J connectivity index is 1.19. The van der Waals surface area contributed by atoms with Crippen molar-refractivity contribution < 1.29 is 48.2 Å². The minimum atomic E-state index is -1.69. The van der Waals surface area contributed by atoms with Crippen LogP contribution in [0.4, 0.5) is 5.69 Å². The summed E-state index contributed by atoms with van der Waals surface area (Å²) in [4.78, 5) is 130. The molecule has 390 valence electrons. The van der Waals surface area contributed by atoms with E-state index in [1.165, 1.54) is 47.0 Å². The first kappa shape index (κ1) is 52.8. The van der Waals surface area contributed by atoms with Crippen LogP contribution < -0.4 is 20.9 Å². The Labute approximate surface area is 430 Å². The van der Waals surface area contributed by atoms with Crippen LogP contribution >= 0.6 is 11.8 Å². The molecule has 73 heavy (non-hydrogen) atoms. The number of fused-ring (bicyclic) bond motifs is 5. The van der Waals surface area contributed by atoms with Gasteiger partial charge in [0, 0.05) is 82.4 Å². The van der Waals surface area contributed by atoms with E-state index in [9.17, 15) is 29.1 Å². The van der Waals surface area contributed by atoms with E-state index in [0.29, 0.717) is 23.3 Å². The summed E-state index contributed by atoms with van der Waals surface area (Å²) < 4.78 is 5.97. The minimum absolute atomic E-state index is 0.0289. The number of aromatic hydroxyl groups is 1. The zero-order valence-corrected chi connectivity index (χ0v) is 42.9. The van der Waals surface area contributed by atoms with Gasteiger partial charge >= 0.3 is 5.97 Å². The van der Waals surface area contributed by atoms with Crippen LogP contribution in [-0.4, -0.2) is 178 Å². The van der Waals surface area contributed by atoms with Crippen LogP contribution in [0.3, 0.4) is 0 Å². The summed E-state index contributed by atoms with van der Waals surface area (Å²) in [6.07, 6.45) is 2.40. The van der Waals surface area contributed by atoms with E-state index in [0.717, 1.165) is 43.7 Å². The van der Waals surface area contributed by atoms with Crippen LogP contribution in [0, 0.1) is 11.8 Å². The number of benzene rings is 2. The number of hydrogen-bond acceptors (Lipinski definition) is 14. The molecule has 6 fully saturated rings. The third kappa shape index (κ3) is 11.8. The number of ether oxygens (including phenoxy) is 1. The number of aromatic nitrogens is 1. The molecular weight excluding hydrogens is 955 g/mol. The smallest absolute Gasteiger partial charge is 0.333 e. The Morgan fingerprint density at radius 1 is 0.849 bits per heavy atom. The Hall–Kier alpha value is -6.54. The lowest BCUT2D eigenvalue weighted by Gasteiger charge is -2.45. The number of nitrogens with zero attached hydrogens (tertiary/aromatic N) is 6. The number of carbonyl (C=O) groups excluding carboxylic acids is 8. The van der Waals surface area contributed by atoms with Gasteiger partial charge in [-0.05, 0) is 93.4 Å². The number of likely N-dealkylation sites (N-methyl/N-ethyl adjacent to an activating group) is 1. The topological polar surface area (TPSA) is 231 Å². The van der Waals surface area contributed by atoms with E-state index < -0.39 is 101 Å². The molecule has 9 rings (SSSR count). The van der Waals surface area contributed by atoms with Crippen molar-refractivity contribution in [3.63, 3.8) is 0 Å². The number of pyridine rings is 1. The summed E-state index contributed by atoms with van der Waals surface area (Å²) in [5.74, 6) is -5.83. The van der Waals surface area contributed by atoms with E-state index >= 15 is 14.4 Å². The number of thioether (sulfide) groups is 1. The molecule has 6 aliphatic heterocycles. The van der Waals surface area contributed by atoms with Crippen molar-refractivity contribution in [2.75, 3.05) is 64.5 Å². The van der Waals surface area contributed by atoms with E-state index in [4.69, 9.17) is 4.74 Å². The van der Waals surface area contributed by atoms with Crippen molar-refractivity contribution in [1.82, 2.24) is 40.5 Å². The molecule has 0 radical (unpaired) electrons. The minimum Gasteiger partial charge on any atom is -0.505 e. The molecule has 3 aromatic rings. The van der Waals surface area contributed by atoms with Crippen LogP contribution in [-0.2, 0) is 44.7 Å². The van der Waals surface area contributed by atoms with Crippen molar-refractivity contribution in [2.24, 2.45) is 11.8 Å². The molecule has 9 atom stereocenters. The maximum absolute atomic E-state index is 15.7. The highest BCUT2D eigenvalue weighted by Gasteiger charge is 2.48. The molecule has 7 heterocycles. The number of esters is 1. The lowest BCUT2D eigenvalue weighted by Crippen LogP contribution is -2.63. The summed E-state index contributed by atoms with van der Waals surface area (Å²) in [5, 5.41) is 18.8. The van der Waals surface area contributed by atoms with Gasteiger partial charge in [0.25, 0.3) is 5.91 Å². The number of rotatable bonds is 10. The number of ketones is 1. The van der Waals surface area contributed by atoms with Crippen LogP contribution in [0.15, 0.2) is 72.9 Å². The molecule has 19 nitrogen and oxygen atoms in total. The van der Waals surface area contributed by atoms with Gasteiger partial charge < -0.3 is 50.3 Å². The average Bonchev–Trinajstić information content (AvgIpc) is 3.89. The molecule has 1 aromatic heterocycles. The molecule has 0 saturated carbocycles. The van der Waals surface area contributed by atoms with E-state index in [1.807, 2.05) is 43.3 Å². The second kappa shape index (κ2) is 23.1. The zero-order valence-electron chi connectivity index (χ0n) is 42.1. The van der Waals surface area contributed by atoms with E-state index in [1.54, 1.807) is 49.0 Å². The number of cyclic esters (lactones) is 1. The van der Waals surface area contributed by atoms with Gasteiger partial charge in [0.05, 0.1) is 0 Å². The molecule has 0 spiro atoms. The lowest BCUT2D eigenvalue weighted by atomic mass is 9.88. The molecule has 4 N–H and O–H groups in total. The molecule has 20 heteroatoms.